The minimum atomic E-state index is -2.87. The first kappa shape index (κ1) is 16.4. The lowest BCUT2D eigenvalue weighted by Gasteiger charge is -2.11. The predicted octanol–water partition coefficient (Wildman–Crippen LogP) is 1.75. The Morgan fingerprint density at radius 3 is 2.41 bits per heavy atom. The molecule has 4 nitrogen and oxygen atoms in total. The smallest absolute Gasteiger partial charge is 0.216 e. The maximum Gasteiger partial charge on any atom is 0.216 e. The number of carbonyl (C=O) groups excluding carboxylic acids is 1. The molecule has 0 fully saturated rings. The predicted molar refractivity (Wildman–Crippen MR) is 70.6 cm³/mol. The Morgan fingerprint density at radius 1 is 1.24 bits per heavy atom. The van der Waals surface area contributed by atoms with E-state index in [-0.39, 0.29) is 11.7 Å². The Bertz CT molecular complexity index is 312. The molecule has 5 heteroatoms. The van der Waals surface area contributed by atoms with E-state index in [4.69, 9.17) is 0 Å². The molecule has 0 bridgehead atoms. The number of rotatable bonds is 9. The van der Waals surface area contributed by atoms with E-state index in [0.717, 1.165) is 19.3 Å². The Morgan fingerprint density at radius 2 is 1.88 bits per heavy atom. The highest BCUT2D eigenvalue weighted by Gasteiger charge is 2.12. The zero-order valence-corrected chi connectivity index (χ0v) is 12.0. The average molecular weight is 263 g/mol. The van der Waals surface area contributed by atoms with E-state index in [0.29, 0.717) is 24.6 Å². The number of hydrogen-bond acceptors (Lipinski definition) is 3. The molecule has 0 aromatic heterocycles. The molecule has 0 saturated heterocycles. The summed E-state index contributed by atoms with van der Waals surface area (Å²) in [5.41, 5.74) is 0. The van der Waals surface area contributed by atoms with Crippen LogP contribution >= 0.6 is 0 Å². The Kier molecular flexibility index (Phi) is 8.21. The van der Waals surface area contributed by atoms with Gasteiger partial charge < -0.3 is 5.32 Å². The fraction of sp³-hybridized carbons (Fsp3) is 0.917. The molecule has 0 aliphatic rings. The van der Waals surface area contributed by atoms with Gasteiger partial charge in [-0.15, -0.1) is 0 Å². The molecule has 1 atom stereocenters. The molecular formula is C12H25NO3S. The molecule has 0 aromatic carbocycles. The number of nitrogens with one attached hydrogen (secondary N) is 1. The molecule has 0 radical (unpaired) electrons. The minimum Gasteiger partial charge on any atom is -0.356 e. The van der Waals surface area contributed by atoms with E-state index in [1.807, 2.05) is 13.8 Å². The van der Waals surface area contributed by atoms with Crippen LogP contribution in [0.5, 0.6) is 0 Å². The quantitative estimate of drug-likeness (QED) is 0.689. The van der Waals surface area contributed by atoms with E-state index < -0.39 is 9.84 Å². The molecule has 0 aliphatic carbocycles. The summed E-state index contributed by atoms with van der Waals surface area (Å²) in [6.07, 6.45) is 3.19. The van der Waals surface area contributed by atoms with Crippen molar-refractivity contribution >= 4 is 15.7 Å². The zero-order chi connectivity index (χ0) is 13.3. The fourth-order valence-electron chi connectivity index (χ4n) is 1.49. The van der Waals surface area contributed by atoms with Crippen molar-refractivity contribution in [1.29, 1.82) is 0 Å². The topological polar surface area (TPSA) is 63.2 Å². The number of unbranched alkanes of at least 4 members (excludes halogenated alkanes) is 1. The van der Waals surface area contributed by atoms with Crippen LogP contribution in [0.15, 0.2) is 0 Å². The number of carbonyl (C=O) groups is 1. The second-order valence-electron chi connectivity index (χ2n) is 4.67. The van der Waals surface area contributed by atoms with Gasteiger partial charge in [-0.2, -0.15) is 0 Å². The van der Waals surface area contributed by atoms with Gasteiger partial charge in [0.25, 0.3) is 0 Å². The molecule has 1 amide bonds. The van der Waals surface area contributed by atoms with Crippen molar-refractivity contribution in [3.05, 3.63) is 0 Å². The normalized spacial score (nSPS) is 13.4. The molecule has 102 valence electrons. The third-order valence-corrected chi connectivity index (χ3v) is 4.51. The van der Waals surface area contributed by atoms with Crippen molar-refractivity contribution in [2.75, 3.05) is 18.1 Å². The van der Waals surface area contributed by atoms with Gasteiger partial charge in [-0.25, -0.2) is 8.42 Å². The molecular weight excluding hydrogens is 238 g/mol. The van der Waals surface area contributed by atoms with Crippen molar-refractivity contribution in [3.63, 3.8) is 0 Å². The first-order valence-corrected chi connectivity index (χ1v) is 8.14. The van der Waals surface area contributed by atoms with Crippen LogP contribution in [-0.4, -0.2) is 32.4 Å². The summed E-state index contributed by atoms with van der Waals surface area (Å²) in [5, 5.41) is 2.72. The molecule has 1 unspecified atom stereocenters. The summed E-state index contributed by atoms with van der Waals surface area (Å²) in [6, 6.07) is 0. The summed E-state index contributed by atoms with van der Waals surface area (Å²) in [7, 11) is -2.87. The fourth-order valence-corrected chi connectivity index (χ4v) is 3.18. The van der Waals surface area contributed by atoms with Crippen molar-refractivity contribution in [2.45, 2.75) is 46.5 Å². The number of amides is 1. The molecule has 0 spiro atoms. The summed E-state index contributed by atoms with van der Waals surface area (Å²) in [6.45, 7) is 6.13. The van der Waals surface area contributed by atoms with Crippen molar-refractivity contribution in [1.82, 2.24) is 5.32 Å². The van der Waals surface area contributed by atoms with Crippen LogP contribution in [-0.2, 0) is 14.6 Å². The number of sulfone groups is 1. The van der Waals surface area contributed by atoms with Crippen molar-refractivity contribution in [2.24, 2.45) is 5.92 Å². The number of hydrogen-bond donors (Lipinski definition) is 1. The van der Waals surface area contributed by atoms with Gasteiger partial charge in [0, 0.05) is 13.5 Å². The molecule has 0 rings (SSSR count). The SMILES string of the molecule is CCCCS(=O)(=O)CCC(C)CCNC(C)=O. The molecule has 1 N–H and O–H groups in total. The molecule has 0 aromatic rings. The van der Waals surface area contributed by atoms with Crippen LogP contribution in [0.4, 0.5) is 0 Å². The Labute approximate surface area is 105 Å². The van der Waals surface area contributed by atoms with E-state index in [2.05, 4.69) is 5.32 Å². The first-order chi connectivity index (χ1) is 7.87. The molecule has 0 saturated carbocycles. The summed E-state index contributed by atoms with van der Waals surface area (Å²) in [4.78, 5) is 10.7. The Balaban J connectivity index is 3.75. The van der Waals surface area contributed by atoms with Crippen LogP contribution in [0, 0.1) is 5.92 Å². The summed E-state index contributed by atoms with van der Waals surface area (Å²) < 4.78 is 23.2. The minimum absolute atomic E-state index is 0.0345. The maximum absolute atomic E-state index is 11.6. The highest BCUT2D eigenvalue weighted by Crippen LogP contribution is 2.09. The first-order valence-electron chi connectivity index (χ1n) is 6.32. The molecule has 0 heterocycles. The van der Waals surface area contributed by atoms with Gasteiger partial charge in [-0.3, -0.25) is 4.79 Å². The second kappa shape index (κ2) is 8.50. The lowest BCUT2D eigenvalue weighted by Crippen LogP contribution is -2.23. The van der Waals surface area contributed by atoms with Gasteiger partial charge in [-0.1, -0.05) is 20.3 Å². The van der Waals surface area contributed by atoms with Crippen LogP contribution in [0.1, 0.15) is 46.5 Å². The second-order valence-corrected chi connectivity index (χ2v) is 6.97. The zero-order valence-electron chi connectivity index (χ0n) is 11.2. The highest BCUT2D eigenvalue weighted by molar-refractivity contribution is 7.91. The van der Waals surface area contributed by atoms with Gasteiger partial charge in [-0.05, 0) is 25.2 Å². The lowest BCUT2D eigenvalue weighted by molar-refractivity contribution is -0.118. The Hall–Kier alpha value is -0.580. The van der Waals surface area contributed by atoms with Crippen LogP contribution in [0.25, 0.3) is 0 Å². The van der Waals surface area contributed by atoms with E-state index >= 15 is 0 Å². The van der Waals surface area contributed by atoms with Gasteiger partial charge in [0.2, 0.25) is 5.91 Å². The van der Waals surface area contributed by atoms with Gasteiger partial charge in [0.05, 0.1) is 11.5 Å². The van der Waals surface area contributed by atoms with E-state index in [1.54, 1.807) is 0 Å². The highest BCUT2D eigenvalue weighted by atomic mass is 32.2. The van der Waals surface area contributed by atoms with Crippen LogP contribution in [0.3, 0.4) is 0 Å². The average Bonchev–Trinajstić information content (AvgIpc) is 2.23. The van der Waals surface area contributed by atoms with Crippen LogP contribution in [0.2, 0.25) is 0 Å². The van der Waals surface area contributed by atoms with E-state index in [1.165, 1.54) is 6.92 Å². The standard InChI is InChI=1S/C12H25NO3S/c1-4-5-9-17(15,16)10-7-11(2)6-8-13-12(3)14/h11H,4-10H2,1-3H3,(H,13,14). The molecule has 0 aliphatic heterocycles. The maximum atomic E-state index is 11.6. The van der Waals surface area contributed by atoms with Crippen molar-refractivity contribution < 1.29 is 13.2 Å². The third-order valence-electron chi connectivity index (χ3n) is 2.74. The lowest BCUT2D eigenvalue weighted by atomic mass is 10.1. The van der Waals surface area contributed by atoms with E-state index in [9.17, 15) is 13.2 Å². The third kappa shape index (κ3) is 10.3. The van der Waals surface area contributed by atoms with Gasteiger partial charge >= 0.3 is 0 Å². The monoisotopic (exact) mass is 263 g/mol. The largest absolute Gasteiger partial charge is 0.356 e. The molecule has 17 heavy (non-hydrogen) atoms. The van der Waals surface area contributed by atoms with Crippen molar-refractivity contribution in [3.8, 4) is 0 Å². The van der Waals surface area contributed by atoms with Crippen LogP contribution < -0.4 is 5.32 Å². The van der Waals surface area contributed by atoms with Gasteiger partial charge in [0.1, 0.15) is 9.84 Å². The summed E-state index contributed by atoms with van der Waals surface area (Å²) in [5.74, 6) is 0.877. The van der Waals surface area contributed by atoms with Gasteiger partial charge in [0.15, 0.2) is 0 Å². The summed E-state index contributed by atoms with van der Waals surface area (Å²) >= 11 is 0.